The fourth-order valence-electron chi connectivity index (χ4n) is 4.03. The lowest BCUT2D eigenvalue weighted by Crippen LogP contribution is -2.38. The third-order valence-electron chi connectivity index (χ3n) is 5.64. The van der Waals surface area contributed by atoms with Crippen molar-refractivity contribution in [2.24, 2.45) is 14.1 Å². The molecule has 0 fully saturated rings. The van der Waals surface area contributed by atoms with E-state index in [1.807, 2.05) is 18.2 Å². The minimum Gasteiger partial charge on any atom is -0.493 e. The van der Waals surface area contributed by atoms with Gasteiger partial charge >= 0.3 is 5.69 Å². The van der Waals surface area contributed by atoms with Gasteiger partial charge in [0.2, 0.25) is 0 Å². The first-order valence-corrected chi connectivity index (χ1v) is 9.20. The van der Waals surface area contributed by atoms with E-state index in [1.54, 1.807) is 21.3 Å². The zero-order chi connectivity index (χ0) is 20.9. The van der Waals surface area contributed by atoms with E-state index in [0.717, 1.165) is 10.1 Å². The van der Waals surface area contributed by atoms with Gasteiger partial charge in [0.15, 0.2) is 17.3 Å². The van der Waals surface area contributed by atoms with Gasteiger partial charge in [-0.1, -0.05) is 6.07 Å². The van der Waals surface area contributed by atoms with Crippen LogP contribution < -0.4 is 20.7 Å². The molecule has 4 rings (SSSR count). The van der Waals surface area contributed by atoms with Crippen molar-refractivity contribution in [3.8, 4) is 11.5 Å². The SMILES string of the molecule is COc1ccc([C@H]2CC(=O)c3cnc4c(c3C2)c(=O)n(C)c(=O)n4C)cc1OC. The number of carbonyl (C=O) groups is 1. The fourth-order valence-corrected chi connectivity index (χ4v) is 4.03. The van der Waals surface area contributed by atoms with Gasteiger partial charge in [-0.05, 0) is 35.6 Å². The lowest BCUT2D eigenvalue weighted by molar-refractivity contribution is 0.0964. The predicted octanol–water partition coefficient (Wildman–Crippen LogP) is 1.56. The molecule has 0 saturated carbocycles. The summed E-state index contributed by atoms with van der Waals surface area (Å²) in [4.78, 5) is 42.2. The second-order valence-electron chi connectivity index (χ2n) is 7.20. The van der Waals surface area contributed by atoms with Gasteiger partial charge in [-0.3, -0.25) is 18.7 Å². The molecule has 2 heterocycles. The Labute approximate surface area is 166 Å². The van der Waals surface area contributed by atoms with Crippen molar-refractivity contribution < 1.29 is 14.3 Å². The summed E-state index contributed by atoms with van der Waals surface area (Å²) in [6, 6.07) is 5.57. The molecule has 150 valence electrons. The number of methoxy groups -OCH3 is 2. The van der Waals surface area contributed by atoms with Gasteiger partial charge in [0, 0.05) is 32.3 Å². The Morgan fingerprint density at radius 1 is 1.00 bits per heavy atom. The molecule has 1 atom stereocenters. The average molecular weight is 395 g/mol. The van der Waals surface area contributed by atoms with E-state index in [0.29, 0.717) is 40.9 Å². The Kier molecular flexibility index (Phi) is 4.49. The second-order valence-corrected chi connectivity index (χ2v) is 7.20. The van der Waals surface area contributed by atoms with Crippen LogP contribution in [0.1, 0.15) is 33.8 Å². The molecule has 1 aromatic carbocycles. The number of carbonyl (C=O) groups excluding carboxylic acids is 1. The van der Waals surface area contributed by atoms with E-state index >= 15 is 0 Å². The molecular formula is C21H21N3O5. The van der Waals surface area contributed by atoms with Crippen molar-refractivity contribution in [1.82, 2.24) is 14.1 Å². The number of hydrogen-bond acceptors (Lipinski definition) is 6. The minimum atomic E-state index is -0.450. The molecule has 2 aromatic heterocycles. The van der Waals surface area contributed by atoms with Crippen LogP contribution in [0.3, 0.4) is 0 Å². The first-order chi connectivity index (χ1) is 13.9. The largest absolute Gasteiger partial charge is 0.493 e. The van der Waals surface area contributed by atoms with Crippen LogP contribution >= 0.6 is 0 Å². The number of benzene rings is 1. The lowest BCUT2D eigenvalue weighted by Gasteiger charge is -2.25. The Morgan fingerprint density at radius 2 is 1.72 bits per heavy atom. The van der Waals surface area contributed by atoms with E-state index in [2.05, 4.69) is 4.98 Å². The molecule has 1 aliphatic rings. The summed E-state index contributed by atoms with van der Waals surface area (Å²) in [5.74, 6) is 0.997. The van der Waals surface area contributed by atoms with E-state index in [9.17, 15) is 14.4 Å². The summed E-state index contributed by atoms with van der Waals surface area (Å²) in [5, 5.41) is 0.325. The third kappa shape index (κ3) is 2.83. The number of ether oxygens (including phenoxy) is 2. The molecule has 0 spiro atoms. The van der Waals surface area contributed by atoms with Crippen molar-refractivity contribution >= 4 is 16.8 Å². The Hall–Kier alpha value is -3.42. The van der Waals surface area contributed by atoms with Crippen LogP contribution in [0, 0.1) is 0 Å². The van der Waals surface area contributed by atoms with Crippen LogP contribution in [-0.2, 0) is 20.5 Å². The highest BCUT2D eigenvalue weighted by molar-refractivity contribution is 6.02. The third-order valence-corrected chi connectivity index (χ3v) is 5.64. The maximum Gasteiger partial charge on any atom is 0.332 e. The van der Waals surface area contributed by atoms with E-state index in [1.165, 1.54) is 17.8 Å². The van der Waals surface area contributed by atoms with E-state index in [4.69, 9.17) is 9.47 Å². The highest BCUT2D eigenvalue weighted by atomic mass is 16.5. The number of ketones is 1. The predicted molar refractivity (Wildman–Crippen MR) is 107 cm³/mol. The van der Waals surface area contributed by atoms with Crippen LogP contribution in [0.2, 0.25) is 0 Å². The van der Waals surface area contributed by atoms with Gasteiger partial charge in [-0.15, -0.1) is 0 Å². The standard InChI is InChI=1S/C21H21N3O5/c1-23-19-18(20(26)24(2)21(23)27)13-7-12(8-15(25)14(13)10-22-19)11-5-6-16(28-3)17(9-11)29-4/h5-6,9-10,12H,7-8H2,1-4H3/t12-/m1/s1. The number of hydrogen-bond donors (Lipinski definition) is 0. The number of pyridine rings is 1. The monoisotopic (exact) mass is 395 g/mol. The highest BCUT2D eigenvalue weighted by Crippen LogP contribution is 2.38. The number of Topliss-reactive ketones (excluding diaryl/α,β-unsaturated/α-hetero) is 1. The number of aromatic nitrogens is 3. The summed E-state index contributed by atoms with van der Waals surface area (Å²) < 4.78 is 13.1. The normalized spacial score (nSPS) is 16.0. The van der Waals surface area contributed by atoms with Crippen LogP contribution in [0.25, 0.3) is 11.0 Å². The van der Waals surface area contributed by atoms with Crippen LogP contribution in [-0.4, -0.2) is 34.1 Å². The molecular weight excluding hydrogens is 374 g/mol. The average Bonchev–Trinajstić information content (AvgIpc) is 2.74. The van der Waals surface area contributed by atoms with Gasteiger partial charge in [0.25, 0.3) is 5.56 Å². The lowest BCUT2D eigenvalue weighted by atomic mass is 9.79. The molecule has 0 saturated heterocycles. The molecule has 0 unspecified atom stereocenters. The van der Waals surface area contributed by atoms with E-state index < -0.39 is 11.2 Å². The van der Waals surface area contributed by atoms with Gasteiger partial charge < -0.3 is 9.47 Å². The zero-order valence-corrected chi connectivity index (χ0v) is 16.7. The maximum absolute atomic E-state index is 12.9. The molecule has 8 nitrogen and oxygen atoms in total. The summed E-state index contributed by atoms with van der Waals surface area (Å²) in [7, 11) is 6.13. The van der Waals surface area contributed by atoms with Gasteiger partial charge in [0.1, 0.15) is 5.65 Å². The molecule has 29 heavy (non-hydrogen) atoms. The molecule has 0 N–H and O–H groups in total. The molecule has 1 aliphatic carbocycles. The highest BCUT2D eigenvalue weighted by Gasteiger charge is 2.30. The fraction of sp³-hybridized carbons (Fsp3) is 0.333. The summed E-state index contributed by atoms with van der Waals surface area (Å²) in [5.41, 5.74) is 1.42. The first kappa shape index (κ1) is 18.9. The number of rotatable bonds is 3. The first-order valence-electron chi connectivity index (χ1n) is 9.20. The maximum atomic E-state index is 12.9. The molecule has 0 amide bonds. The van der Waals surface area contributed by atoms with Crippen LogP contribution in [0.4, 0.5) is 0 Å². The van der Waals surface area contributed by atoms with Crippen molar-refractivity contribution in [1.29, 1.82) is 0 Å². The quantitative estimate of drug-likeness (QED) is 0.668. The van der Waals surface area contributed by atoms with E-state index in [-0.39, 0.29) is 17.3 Å². The topological polar surface area (TPSA) is 92.4 Å². The Morgan fingerprint density at radius 3 is 2.41 bits per heavy atom. The van der Waals surface area contributed by atoms with Crippen molar-refractivity contribution in [2.45, 2.75) is 18.8 Å². The van der Waals surface area contributed by atoms with Gasteiger partial charge in [-0.2, -0.15) is 0 Å². The Balaban J connectivity index is 1.91. The van der Waals surface area contributed by atoms with Crippen LogP contribution in [0.5, 0.6) is 11.5 Å². The zero-order valence-electron chi connectivity index (χ0n) is 16.7. The molecule has 0 aliphatic heterocycles. The van der Waals surface area contributed by atoms with Crippen molar-refractivity contribution in [3.63, 3.8) is 0 Å². The van der Waals surface area contributed by atoms with Gasteiger partial charge in [0.05, 0.1) is 19.6 Å². The Bertz CT molecular complexity index is 1270. The van der Waals surface area contributed by atoms with Crippen molar-refractivity contribution in [2.75, 3.05) is 14.2 Å². The van der Waals surface area contributed by atoms with Crippen LogP contribution in [0.15, 0.2) is 34.0 Å². The molecule has 0 radical (unpaired) electrons. The second kappa shape index (κ2) is 6.88. The summed E-state index contributed by atoms with van der Waals surface area (Å²) in [6.45, 7) is 0. The summed E-state index contributed by atoms with van der Waals surface area (Å²) in [6.07, 6.45) is 2.27. The number of aryl methyl sites for hydroxylation is 1. The smallest absolute Gasteiger partial charge is 0.332 e. The number of nitrogens with zero attached hydrogens (tertiary/aromatic N) is 3. The molecule has 8 heteroatoms. The van der Waals surface area contributed by atoms with Crippen molar-refractivity contribution in [3.05, 3.63) is 61.9 Å². The minimum absolute atomic E-state index is 0.0728. The van der Waals surface area contributed by atoms with Gasteiger partial charge in [-0.25, -0.2) is 9.78 Å². The number of fused-ring (bicyclic) bond motifs is 3. The molecule has 3 aromatic rings. The molecule has 0 bridgehead atoms. The summed E-state index contributed by atoms with van der Waals surface area (Å²) >= 11 is 0.